The Morgan fingerprint density at radius 2 is 2.00 bits per heavy atom. The highest BCUT2D eigenvalue weighted by Crippen LogP contribution is 2.11. The maximum atomic E-state index is 11.6. The van der Waals surface area contributed by atoms with Gasteiger partial charge in [-0.15, -0.1) is 0 Å². The number of aliphatic carboxylic acids is 1. The molecule has 4 heteroatoms. The summed E-state index contributed by atoms with van der Waals surface area (Å²) in [5.41, 5.74) is 0. The summed E-state index contributed by atoms with van der Waals surface area (Å²) in [5, 5.41) is 8.31. The van der Waals surface area contributed by atoms with E-state index in [1.165, 1.54) is 0 Å². The van der Waals surface area contributed by atoms with Gasteiger partial charge in [0.15, 0.2) is 0 Å². The molecule has 3 atom stereocenters. The fraction of sp³-hybridized carbons (Fsp3) is 0.900. The molecule has 0 amide bonds. The van der Waals surface area contributed by atoms with Crippen LogP contribution in [0, 0.1) is 5.92 Å². The first kappa shape index (κ1) is 13.6. The van der Waals surface area contributed by atoms with Gasteiger partial charge in [0.25, 0.3) is 0 Å². The number of carboxylic acid groups (broad SMARTS) is 1. The van der Waals surface area contributed by atoms with Crippen LogP contribution in [0.25, 0.3) is 0 Å². The topological polar surface area (TPSA) is 54.4 Å². The summed E-state index contributed by atoms with van der Waals surface area (Å²) in [6, 6.07) is 0. The first-order valence-electron chi connectivity index (χ1n) is 5.06. The van der Waals surface area contributed by atoms with Gasteiger partial charge in [-0.2, -0.15) is 0 Å². The van der Waals surface area contributed by atoms with Crippen molar-refractivity contribution < 1.29 is 14.1 Å². The van der Waals surface area contributed by atoms with E-state index in [-0.39, 0.29) is 11.7 Å². The van der Waals surface area contributed by atoms with Crippen LogP contribution >= 0.6 is 0 Å². The van der Waals surface area contributed by atoms with Crippen LogP contribution in [-0.2, 0) is 15.6 Å². The van der Waals surface area contributed by atoms with E-state index in [0.717, 1.165) is 12.8 Å². The third-order valence-corrected chi connectivity index (χ3v) is 4.10. The second kappa shape index (κ2) is 6.98. The van der Waals surface area contributed by atoms with Gasteiger partial charge in [-0.25, -0.2) is 0 Å². The van der Waals surface area contributed by atoms with E-state index < -0.39 is 16.8 Å². The molecule has 0 aromatic rings. The summed E-state index contributed by atoms with van der Waals surface area (Å²) in [6.07, 6.45) is 2.16. The minimum atomic E-state index is -0.998. The number of hydrogen-bond acceptors (Lipinski definition) is 2. The Morgan fingerprint density at radius 1 is 1.43 bits per heavy atom. The lowest BCUT2D eigenvalue weighted by Gasteiger charge is -2.13. The molecule has 0 aliphatic carbocycles. The number of rotatable bonds is 7. The lowest BCUT2D eigenvalue weighted by molar-refractivity contribution is -0.136. The van der Waals surface area contributed by atoms with E-state index in [2.05, 4.69) is 13.8 Å². The van der Waals surface area contributed by atoms with E-state index in [1.54, 1.807) is 6.92 Å². The summed E-state index contributed by atoms with van der Waals surface area (Å²) in [7, 11) is -0.998. The zero-order valence-corrected chi connectivity index (χ0v) is 9.97. The molecule has 0 heterocycles. The van der Waals surface area contributed by atoms with E-state index in [4.69, 9.17) is 5.11 Å². The number of carboxylic acids is 1. The fourth-order valence-electron chi connectivity index (χ4n) is 1.36. The highest BCUT2D eigenvalue weighted by atomic mass is 32.2. The van der Waals surface area contributed by atoms with E-state index >= 15 is 0 Å². The molecule has 0 saturated heterocycles. The quantitative estimate of drug-likeness (QED) is 0.714. The van der Waals surface area contributed by atoms with E-state index in [1.807, 2.05) is 0 Å². The van der Waals surface area contributed by atoms with Crippen molar-refractivity contribution >= 4 is 16.8 Å². The molecule has 0 saturated carbocycles. The van der Waals surface area contributed by atoms with Crippen molar-refractivity contribution in [1.29, 1.82) is 0 Å². The number of hydrogen-bond donors (Lipinski definition) is 1. The highest BCUT2D eigenvalue weighted by molar-refractivity contribution is 7.85. The Bertz CT molecular complexity index is 204. The first-order valence-corrected chi connectivity index (χ1v) is 6.44. The Balaban J connectivity index is 3.88. The largest absolute Gasteiger partial charge is 0.481 e. The molecule has 84 valence electrons. The Morgan fingerprint density at radius 3 is 2.43 bits per heavy atom. The smallest absolute Gasteiger partial charge is 0.304 e. The van der Waals surface area contributed by atoms with Crippen molar-refractivity contribution in [3.63, 3.8) is 0 Å². The summed E-state index contributed by atoms with van der Waals surface area (Å²) < 4.78 is 11.6. The SMILES string of the molecule is CCCC(C)CS(=O)C(C)CC(=O)O. The fourth-order valence-corrected chi connectivity index (χ4v) is 2.74. The molecule has 1 N–H and O–H groups in total. The van der Waals surface area contributed by atoms with Crippen LogP contribution in [0.4, 0.5) is 0 Å². The summed E-state index contributed by atoms with van der Waals surface area (Å²) in [6.45, 7) is 5.90. The monoisotopic (exact) mass is 220 g/mol. The number of carbonyl (C=O) groups is 1. The third kappa shape index (κ3) is 6.13. The molecule has 0 fully saturated rings. The molecule has 0 aliphatic rings. The Hall–Kier alpha value is -0.380. The molecule has 0 aromatic carbocycles. The summed E-state index contributed by atoms with van der Waals surface area (Å²) in [4.78, 5) is 10.4. The van der Waals surface area contributed by atoms with Gasteiger partial charge in [0.1, 0.15) is 0 Å². The van der Waals surface area contributed by atoms with Crippen molar-refractivity contribution in [2.45, 2.75) is 45.3 Å². The molecule has 0 radical (unpaired) electrons. The molecule has 3 nitrogen and oxygen atoms in total. The van der Waals surface area contributed by atoms with Crippen LogP contribution in [0.5, 0.6) is 0 Å². The highest BCUT2D eigenvalue weighted by Gasteiger charge is 2.16. The van der Waals surface area contributed by atoms with Crippen LogP contribution in [0.2, 0.25) is 0 Å². The van der Waals surface area contributed by atoms with Crippen LogP contribution < -0.4 is 0 Å². The van der Waals surface area contributed by atoms with Gasteiger partial charge in [0, 0.05) is 21.8 Å². The molecule has 0 aromatic heterocycles. The van der Waals surface area contributed by atoms with Crippen molar-refractivity contribution in [1.82, 2.24) is 0 Å². The minimum absolute atomic E-state index is 0.00541. The summed E-state index contributed by atoms with van der Waals surface area (Å²) in [5.74, 6) is 0.188. The van der Waals surface area contributed by atoms with Crippen LogP contribution in [0.3, 0.4) is 0 Å². The standard InChI is InChI=1S/C10H20O3S/c1-4-5-8(2)7-14(13)9(3)6-10(11)12/h8-9H,4-7H2,1-3H3,(H,11,12). The van der Waals surface area contributed by atoms with E-state index in [9.17, 15) is 9.00 Å². The lowest BCUT2D eigenvalue weighted by atomic mass is 10.1. The average molecular weight is 220 g/mol. The van der Waals surface area contributed by atoms with Gasteiger partial charge in [0.05, 0.1) is 6.42 Å². The van der Waals surface area contributed by atoms with Crippen LogP contribution in [0.15, 0.2) is 0 Å². The molecule has 0 rings (SSSR count). The van der Waals surface area contributed by atoms with Gasteiger partial charge < -0.3 is 5.11 Å². The molecule has 0 bridgehead atoms. The molecular weight excluding hydrogens is 200 g/mol. The normalized spacial score (nSPS) is 17.4. The van der Waals surface area contributed by atoms with Crippen molar-refractivity contribution in [2.24, 2.45) is 5.92 Å². The van der Waals surface area contributed by atoms with Crippen molar-refractivity contribution in [3.05, 3.63) is 0 Å². The van der Waals surface area contributed by atoms with Crippen LogP contribution in [0.1, 0.15) is 40.0 Å². The lowest BCUT2D eigenvalue weighted by Crippen LogP contribution is -2.21. The predicted molar refractivity (Wildman–Crippen MR) is 58.8 cm³/mol. The zero-order chi connectivity index (χ0) is 11.1. The summed E-state index contributed by atoms with van der Waals surface area (Å²) >= 11 is 0. The molecular formula is C10H20O3S. The van der Waals surface area contributed by atoms with Crippen LogP contribution in [-0.4, -0.2) is 26.3 Å². The Labute approximate surface area is 88.4 Å². The second-order valence-corrected chi connectivity index (χ2v) is 5.75. The molecule has 14 heavy (non-hydrogen) atoms. The third-order valence-electron chi connectivity index (χ3n) is 2.14. The van der Waals surface area contributed by atoms with Crippen molar-refractivity contribution in [3.8, 4) is 0 Å². The molecule has 0 spiro atoms. The first-order chi connectivity index (χ1) is 6.47. The van der Waals surface area contributed by atoms with Gasteiger partial charge in [-0.05, 0) is 5.92 Å². The zero-order valence-electron chi connectivity index (χ0n) is 9.16. The molecule has 0 aliphatic heterocycles. The second-order valence-electron chi connectivity index (χ2n) is 3.85. The minimum Gasteiger partial charge on any atom is -0.481 e. The van der Waals surface area contributed by atoms with E-state index in [0.29, 0.717) is 11.7 Å². The van der Waals surface area contributed by atoms with Gasteiger partial charge in [-0.3, -0.25) is 9.00 Å². The predicted octanol–water partition coefficient (Wildman–Crippen LogP) is 2.03. The average Bonchev–Trinajstić information content (AvgIpc) is 2.02. The van der Waals surface area contributed by atoms with Crippen molar-refractivity contribution in [2.75, 3.05) is 5.75 Å². The van der Waals surface area contributed by atoms with Gasteiger partial charge in [0.2, 0.25) is 0 Å². The maximum absolute atomic E-state index is 11.6. The van der Waals surface area contributed by atoms with Gasteiger partial charge >= 0.3 is 5.97 Å². The maximum Gasteiger partial charge on any atom is 0.304 e. The molecule has 3 unspecified atom stereocenters. The van der Waals surface area contributed by atoms with Gasteiger partial charge in [-0.1, -0.05) is 33.6 Å². The Kier molecular flexibility index (Phi) is 6.79.